The lowest BCUT2D eigenvalue weighted by Gasteiger charge is -2.24. The molecule has 0 N–H and O–H groups in total. The lowest BCUT2D eigenvalue weighted by Crippen LogP contribution is -2.41. The number of nitrogens with zero attached hydrogens (tertiary/aromatic N) is 1. The van der Waals surface area contributed by atoms with Crippen LogP contribution in [0.2, 0.25) is 0 Å². The van der Waals surface area contributed by atoms with Gasteiger partial charge in [0.15, 0.2) is 0 Å². The van der Waals surface area contributed by atoms with Gasteiger partial charge in [-0.2, -0.15) is 13.2 Å². The molecular formula is C27H39ClF3NO2. The summed E-state index contributed by atoms with van der Waals surface area (Å²) in [5.41, 5.74) is 0.277. The number of hydrogen-bond acceptors (Lipinski definition) is 2. The number of amides is 1. The number of alkyl halides is 3. The molecule has 0 radical (unpaired) electrons. The SMILES string of the molecule is CCCCCCCCC=CCCCCCCCCN(C(=O)C(F)(F)F)c1ccc(C(=O)Cl)cc1. The fourth-order valence-electron chi connectivity index (χ4n) is 3.79. The van der Waals surface area contributed by atoms with E-state index in [1.807, 2.05) is 0 Å². The maximum atomic E-state index is 13.0. The van der Waals surface area contributed by atoms with Crippen LogP contribution in [-0.2, 0) is 4.79 Å². The molecule has 0 fully saturated rings. The predicted molar refractivity (Wildman–Crippen MR) is 134 cm³/mol. The Morgan fingerprint density at radius 1 is 0.794 bits per heavy atom. The second-order valence-electron chi connectivity index (χ2n) is 8.71. The normalized spacial score (nSPS) is 11.8. The molecule has 0 spiro atoms. The Labute approximate surface area is 207 Å². The van der Waals surface area contributed by atoms with Crippen LogP contribution in [-0.4, -0.2) is 23.9 Å². The lowest BCUT2D eigenvalue weighted by molar-refractivity contribution is -0.170. The molecule has 1 aromatic rings. The number of anilines is 1. The molecule has 0 aliphatic heterocycles. The van der Waals surface area contributed by atoms with Crippen LogP contribution in [0, 0.1) is 0 Å². The Kier molecular flexibility index (Phi) is 15.6. The van der Waals surface area contributed by atoms with Crippen molar-refractivity contribution in [2.45, 2.75) is 103 Å². The molecule has 0 saturated carbocycles. The second kappa shape index (κ2) is 17.6. The smallest absolute Gasteiger partial charge is 0.305 e. The molecule has 0 aliphatic carbocycles. The molecule has 0 saturated heterocycles. The number of carbonyl (C=O) groups excluding carboxylic acids is 2. The molecule has 192 valence electrons. The van der Waals surface area contributed by atoms with E-state index in [0.717, 1.165) is 49.8 Å². The van der Waals surface area contributed by atoms with Crippen LogP contribution in [0.25, 0.3) is 0 Å². The van der Waals surface area contributed by atoms with Crippen molar-refractivity contribution in [1.82, 2.24) is 0 Å². The van der Waals surface area contributed by atoms with Gasteiger partial charge in [-0.1, -0.05) is 76.9 Å². The second-order valence-corrected chi connectivity index (χ2v) is 9.06. The maximum absolute atomic E-state index is 13.0. The van der Waals surface area contributed by atoms with Crippen molar-refractivity contribution in [2.24, 2.45) is 0 Å². The van der Waals surface area contributed by atoms with E-state index >= 15 is 0 Å². The highest BCUT2D eigenvalue weighted by Gasteiger charge is 2.42. The highest BCUT2D eigenvalue weighted by atomic mass is 35.5. The van der Waals surface area contributed by atoms with Crippen molar-refractivity contribution in [3.8, 4) is 0 Å². The van der Waals surface area contributed by atoms with E-state index in [0.29, 0.717) is 6.42 Å². The van der Waals surface area contributed by atoms with Gasteiger partial charge in [-0.05, 0) is 68.0 Å². The fourth-order valence-corrected chi connectivity index (χ4v) is 3.92. The van der Waals surface area contributed by atoms with Crippen LogP contribution < -0.4 is 4.90 Å². The van der Waals surface area contributed by atoms with Gasteiger partial charge in [-0.15, -0.1) is 0 Å². The van der Waals surface area contributed by atoms with Gasteiger partial charge in [0, 0.05) is 17.8 Å². The van der Waals surface area contributed by atoms with E-state index < -0.39 is 17.3 Å². The maximum Gasteiger partial charge on any atom is 0.471 e. The third-order valence-corrected chi connectivity index (χ3v) is 6.01. The Hall–Kier alpha value is -1.82. The summed E-state index contributed by atoms with van der Waals surface area (Å²) in [6.07, 6.45) is 15.1. The minimum absolute atomic E-state index is 0.0201. The summed E-state index contributed by atoms with van der Waals surface area (Å²) in [4.78, 5) is 23.8. The van der Waals surface area contributed by atoms with Gasteiger partial charge in [0.05, 0.1) is 0 Å². The van der Waals surface area contributed by atoms with Crippen molar-refractivity contribution < 1.29 is 22.8 Å². The Bertz CT molecular complexity index is 732. The third kappa shape index (κ3) is 13.2. The summed E-state index contributed by atoms with van der Waals surface area (Å²) in [7, 11) is 0. The number of benzene rings is 1. The average molecular weight is 502 g/mol. The van der Waals surface area contributed by atoms with Crippen molar-refractivity contribution in [1.29, 1.82) is 0 Å². The van der Waals surface area contributed by atoms with Crippen molar-refractivity contribution in [2.75, 3.05) is 11.4 Å². The minimum atomic E-state index is -4.95. The topological polar surface area (TPSA) is 37.4 Å². The van der Waals surface area contributed by atoms with Crippen LogP contribution >= 0.6 is 11.6 Å². The fraction of sp³-hybridized carbons (Fsp3) is 0.630. The zero-order valence-corrected chi connectivity index (χ0v) is 21.1. The molecule has 1 rings (SSSR count). The molecular weight excluding hydrogens is 463 g/mol. The lowest BCUT2D eigenvalue weighted by atomic mass is 10.1. The predicted octanol–water partition coefficient (Wildman–Crippen LogP) is 9.00. The first-order valence-corrected chi connectivity index (χ1v) is 13.0. The largest absolute Gasteiger partial charge is 0.471 e. The van der Waals surface area contributed by atoms with Gasteiger partial charge in [0.2, 0.25) is 0 Å². The molecule has 3 nitrogen and oxygen atoms in total. The van der Waals surface area contributed by atoms with Crippen molar-refractivity contribution in [3.05, 3.63) is 42.0 Å². The first-order chi connectivity index (χ1) is 16.3. The van der Waals surface area contributed by atoms with Crippen LogP contribution in [0.3, 0.4) is 0 Å². The molecule has 34 heavy (non-hydrogen) atoms. The highest BCUT2D eigenvalue weighted by molar-refractivity contribution is 6.67. The van der Waals surface area contributed by atoms with E-state index in [4.69, 9.17) is 11.6 Å². The molecule has 0 bridgehead atoms. The van der Waals surface area contributed by atoms with Crippen LogP contribution in [0.1, 0.15) is 107 Å². The molecule has 7 heteroatoms. The summed E-state index contributed by atoms with van der Waals surface area (Å²) in [6, 6.07) is 5.28. The third-order valence-electron chi connectivity index (χ3n) is 5.79. The highest BCUT2D eigenvalue weighted by Crippen LogP contribution is 2.25. The molecule has 1 aromatic carbocycles. The molecule has 0 aliphatic rings. The standard InChI is InChI=1S/C27H39ClF3NO2/c1-2-3-4-5-6-7-8-9-10-11-12-13-14-15-16-17-22-32(26(34)27(29,30)31)24-20-18-23(19-21-24)25(28)33/h9-10,18-21H,2-8,11-17,22H2,1H3. The van der Waals surface area contributed by atoms with E-state index in [1.54, 1.807) is 0 Å². The van der Waals surface area contributed by atoms with Gasteiger partial charge >= 0.3 is 12.1 Å². The molecule has 0 aromatic heterocycles. The molecule has 0 heterocycles. The number of allylic oxidation sites excluding steroid dienone is 2. The van der Waals surface area contributed by atoms with Gasteiger partial charge < -0.3 is 4.90 Å². The molecule has 0 atom stereocenters. The van der Waals surface area contributed by atoms with Crippen LogP contribution in [0.4, 0.5) is 18.9 Å². The number of halogens is 4. The summed E-state index contributed by atoms with van der Waals surface area (Å²) in [5.74, 6) is -1.90. The van der Waals surface area contributed by atoms with E-state index in [1.165, 1.54) is 62.8 Å². The number of hydrogen-bond donors (Lipinski definition) is 0. The van der Waals surface area contributed by atoms with Gasteiger partial charge in [-0.25, -0.2) is 0 Å². The van der Waals surface area contributed by atoms with E-state index in [2.05, 4.69) is 19.1 Å². The molecule has 1 amide bonds. The van der Waals surface area contributed by atoms with Crippen LogP contribution in [0.5, 0.6) is 0 Å². The zero-order chi connectivity index (χ0) is 25.2. The monoisotopic (exact) mass is 501 g/mol. The number of rotatable bonds is 18. The summed E-state index contributed by atoms with van der Waals surface area (Å²) < 4.78 is 39.1. The first kappa shape index (κ1) is 30.2. The van der Waals surface area contributed by atoms with Gasteiger partial charge in [0.1, 0.15) is 0 Å². The average Bonchev–Trinajstić information content (AvgIpc) is 2.80. The quantitative estimate of drug-likeness (QED) is 0.114. The van der Waals surface area contributed by atoms with E-state index in [-0.39, 0.29) is 17.8 Å². The zero-order valence-electron chi connectivity index (χ0n) is 20.3. The van der Waals surface area contributed by atoms with E-state index in [9.17, 15) is 22.8 Å². The Balaban J connectivity index is 2.24. The summed E-state index contributed by atoms with van der Waals surface area (Å²) in [6.45, 7) is 2.21. The van der Waals surface area contributed by atoms with Gasteiger partial charge in [0.25, 0.3) is 5.24 Å². The van der Waals surface area contributed by atoms with Crippen molar-refractivity contribution >= 4 is 28.4 Å². The molecule has 0 unspecified atom stereocenters. The number of carbonyl (C=O) groups is 2. The summed E-state index contributed by atoms with van der Waals surface area (Å²) in [5, 5.41) is -0.700. The number of unbranched alkanes of at least 4 members (excludes halogenated alkanes) is 12. The van der Waals surface area contributed by atoms with Crippen LogP contribution in [0.15, 0.2) is 36.4 Å². The first-order valence-electron chi connectivity index (χ1n) is 12.6. The minimum Gasteiger partial charge on any atom is -0.305 e. The van der Waals surface area contributed by atoms with Gasteiger partial charge in [-0.3, -0.25) is 9.59 Å². The Morgan fingerprint density at radius 3 is 1.74 bits per heavy atom. The van der Waals surface area contributed by atoms with Crippen molar-refractivity contribution in [3.63, 3.8) is 0 Å². The summed E-state index contributed by atoms with van der Waals surface area (Å²) >= 11 is 5.38. The Morgan fingerprint density at radius 2 is 1.26 bits per heavy atom.